The number of methoxy groups -OCH3 is 1. The fourth-order valence-corrected chi connectivity index (χ4v) is 5.58. The molecule has 188 valence electrons. The molecular weight excluding hydrogens is 452 g/mol. The first-order chi connectivity index (χ1) is 17.4. The number of benzene rings is 2. The quantitative estimate of drug-likeness (QED) is 0.533. The minimum absolute atomic E-state index is 0.113. The summed E-state index contributed by atoms with van der Waals surface area (Å²) in [5.41, 5.74) is 1.99. The average molecular weight is 487 g/mol. The molecule has 2 atom stereocenters. The normalized spacial score (nSPS) is 21.1. The molecule has 1 saturated carbocycles. The second-order valence-electron chi connectivity index (χ2n) is 10.1. The highest BCUT2D eigenvalue weighted by molar-refractivity contribution is 6.00. The number of ether oxygens (including phenoxy) is 1. The minimum atomic E-state index is -1.08. The Morgan fingerprint density at radius 3 is 2.44 bits per heavy atom. The molecule has 1 aliphatic heterocycles. The van der Waals surface area contributed by atoms with E-state index in [0.717, 1.165) is 42.6 Å². The van der Waals surface area contributed by atoms with E-state index >= 15 is 0 Å². The molecule has 5 rings (SSSR count). The molecule has 36 heavy (non-hydrogen) atoms. The third kappa shape index (κ3) is 4.38. The van der Waals surface area contributed by atoms with Crippen LogP contribution in [0.25, 0.3) is 11.3 Å². The van der Waals surface area contributed by atoms with Crippen LogP contribution in [0.15, 0.2) is 60.7 Å². The molecule has 0 radical (unpaired) electrons. The van der Waals surface area contributed by atoms with Crippen molar-refractivity contribution in [1.29, 1.82) is 0 Å². The second kappa shape index (κ2) is 9.80. The zero-order valence-electron chi connectivity index (χ0n) is 21.2. The van der Waals surface area contributed by atoms with Crippen molar-refractivity contribution in [3.8, 4) is 17.0 Å². The first kappa shape index (κ1) is 24.1. The number of carbonyl (C=O) groups excluding carboxylic acids is 2. The lowest BCUT2D eigenvalue weighted by atomic mass is 9.89. The summed E-state index contributed by atoms with van der Waals surface area (Å²) in [5, 5.41) is 8.05. The standard InChI is InChI=1S/C29H34N4O3/c1-20(21-10-6-4-7-11-21)33-27(34)26-18-25(22-14-16-24(36-3)17-15-22)31-32(26)19-29(33,2)28(35)30-23-12-8-5-9-13-23/h4,6-7,10-11,14-18,20,23H,5,8-9,12-13,19H2,1-3H3,(H,30,35)/t20-,29+/m1/s1. The summed E-state index contributed by atoms with van der Waals surface area (Å²) in [6.07, 6.45) is 5.43. The van der Waals surface area contributed by atoms with E-state index in [4.69, 9.17) is 9.84 Å². The van der Waals surface area contributed by atoms with E-state index in [-0.39, 0.29) is 23.9 Å². The summed E-state index contributed by atoms with van der Waals surface area (Å²) >= 11 is 0. The van der Waals surface area contributed by atoms with Crippen molar-refractivity contribution in [2.24, 2.45) is 0 Å². The van der Waals surface area contributed by atoms with Gasteiger partial charge in [0.05, 0.1) is 25.4 Å². The summed E-state index contributed by atoms with van der Waals surface area (Å²) in [6.45, 7) is 4.16. The molecule has 1 N–H and O–H groups in total. The fourth-order valence-electron chi connectivity index (χ4n) is 5.58. The molecule has 2 heterocycles. The second-order valence-corrected chi connectivity index (χ2v) is 10.1. The van der Waals surface area contributed by atoms with E-state index in [1.54, 1.807) is 16.7 Å². The largest absolute Gasteiger partial charge is 0.497 e. The van der Waals surface area contributed by atoms with Crippen LogP contribution < -0.4 is 10.1 Å². The van der Waals surface area contributed by atoms with Crippen molar-refractivity contribution in [3.63, 3.8) is 0 Å². The van der Waals surface area contributed by atoms with Gasteiger partial charge in [0.15, 0.2) is 0 Å². The Balaban J connectivity index is 1.53. The fraction of sp³-hybridized carbons (Fsp3) is 0.414. The molecule has 2 aromatic carbocycles. The van der Waals surface area contributed by atoms with Crippen molar-refractivity contribution in [3.05, 3.63) is 71.9 Å². The Morgan fingerprint density at radius 1 is 1.08 bits per heavy atom. The first-order valence-electron chi connectivity index (χ1n) is 12.8. The highest BCUT2D eigenvalue weighted by atomic mass is 16.5. The van der Waals surface area contributed by atoms with Crippen LogP contribution in [0.2, 0.25) is 0 Å². The predicted octanol–water partition coefficient (Wildman–Crippen LogP) is 4.98. The molecular formula is C29H34N4O3. The molecule has 0 bridgehead atoms. The number of hydrogen-bond acceptors (Lipinski definition) is 4. The van der Waals surface area contributed by atoms with E-state index in [0.29, 0.717) is 17.9 Å². The summed E-state index contributed by atoms with van der Waals surface area (Å²) in [5.74, 6) is 0.456. The van der Waals surface area contributed by atoms with Gasteiger partial charge in [0.1, 0.15) is 17.0 Å². The van der Waals surface area contributed by atoms with Crippen molar-refractivity contribution in [1.82, 2.24) is 20.0 Å². The van der Waals surface area contributed by atoms with Crippen LogP contribution in [0.5, 0.6) is 5.75 Å². The molecule has 7 heteroatoms. The van der Waals surface area contributed by atoms with Crippen LogP contribution >= 0.6 is 0 Å². The van der Waals surface area contributed by atoms with Gasteiger partial charge in [-0.05, 0) is 62.6 Å². The molecule has 7 nitrogen and oxygen atoms in total. The molecule has 0 spiro atoms. The van der Waals surface area contributed by atoms with Crippen LogP contribution in [0.1, 0.15) is 68.0 Å². The number of aromatic nitrogens is 2. The lowest BCUT2D eigenvalue weighted by molar-refractivity contribution is -0.135. The number of carbonyl (C=O) groups is 2. The predicted molar refractivity (Wildman–Crippen MR) is 139 cm³/mol. The Morgan fingerprint density at radius 2 is 1.78 bits per heavy atom. The van der Waals surface area contributed by atoms with Crippen molar-refractivity contribution in [2.45, 2.75) is 70.1 Å². The number of hydrogen-bond donors (Lipinski definition) is 1. The minimum Gasteiger partial charge on any atom is -0.497 e. The highest BCUT2D eigenvalue weighted by Crippen LogP contribution is 2.37. The van der Waals surface area contributed by atoms with Gasteiger partial charge in [-0.15, -0.1) is 0 Å². The van der Waals surface area contributed by atoms with Crippen molar-refractivity contribution in [2.75, 3.05) is 7.11 Å². The number of fused-ring (bicyclic) bond motifs is 1. The van der Waals surface area contributed by atoms with Gasteiger partial charge in [-0.3, -0.25) is 14.3 Å². The van der Waals surface area contributed by atoms with E-state index < -0.39 is 5.54 Å². The molecule has 1 aromatic heterocycles. The zero-order valence-corrected chi connectivity index (χ0v) is 21.2. The Labute approximate surface area is 212 Å². The van der Waals surface area contributed by atoms with Crippen LogP contribution in [-0.4, -0.2) is 45.2 Å². The van der Waals surface area contributed by atoms with Gasteiger partial charge in [-0.1, -0.05) is 49.6 Å². The van der Waals surface area contributed by atoms with Gasteiger partial charge in [0.2, 0.25) is 5.91 Å². The van der Waals surface area contributed by atoms with Gasteiger partial charge in [0.25, 0.3) is 5.91 Å². The van der Waals surface area contributed by atoms with Crippen molar-refractivity contribution < 1.29 is 14.3 Å². The summed E-state index contributed by atoms with van der Waals surface area (Å²) in [6, 6.07) is 19.2. The molecule has 2 aliphatic rings. The number of amides is 2. The summed E-state index contributed by atoms with van der Waals surface area (Å²) < 4.78 is 6.98. The Bertz CT molecular complexity index is 1230. The maximum absolute atomic E-state index is 14.1. The van der Waals surface area contributed by atoms with Crippen LogP contribution in [-0.2, 0) is 11.3 Å². The molecule has 2 amide bonds. The zero-order chi connectivity index (χ0) is 25.3. The molecule has 0 saturated heterocycles. The van der Waals surface area contributed by atoms with Gasteiger partial charge in [-0.25, -0.2) is 0 Å². The Kier molecular flexibility index (Phi) is 6.56. The van der Waals surface area contributed by atoms with E-state index in [2.05, 4.69) is 5.32 Å². The highest BCUT2D eigenvalue weighted by Gasteiger charge is 2.50. The van der Waals surface area contributed by atoms with E-state index in [1.165, 1.54) is 6.42 Å². The van der Waals surface area contributed by atoms with Crippen molar-refractivity contribution >= 4 is 11.8 Å². The first-order valence-corrected chi connectivity index (χ1v) is 12.8. The van der Waals surface area contributed by atoms with Gasteiger partial charge in [0, 0.05) is 11.6 Å². The average Bonchev–Trinajstić information content (AvgIpc) is 3.33. The summed E-state index contributed by atoms with van der Waals surface area (Å²) in [7, 11) is 1.63. The van der Waals surface area contributed by atoms with E-state index in [9.17, 15) is 9.59 Å². The van der Waals surface area contributed by atoms with Crippen LogP contribution in [0, 0.1) is 0 Å². The van der Waals surface area contributed by atoms with E-state index in [1.807, 2.05) is 74.5 Å². The molecule has 1 aliphatic carbocycles. The van der Waals surface area contributed by atoms with Gasteiger partial charge in [-0.2, -0.15) is 5.10 Å². The molecule has 0 unspecified atom stereocenters. The number of nitrogens with one attached hydrogen (secondary N) is 1. The van der Waals surface area contributed by atoms with Crippen LogP contribution in [0.3, 0.4) is 0 Å². The lowest BCUT2D eigenvalue weighted by Crippen LogP contribution is -2.65. The Hall–Kier alpha value is -3.61. The monoisotopic (exact) mass is 486 g/mol. The maximum Gasteiger partial charge on any atom is 0.273 e. The number of rotatable bonds is 6. The number of nitrogens with zero attached hydrogens (tertiary/aromatic N) is 3. The van der Waals surface area contributed by atoms with Gasteiger partial charge >= 0.3 is 0 Å². The molecule has 1 fully saturated rings. The van der Waals surface area contributed by atoms with Crippen LogP contribution in [0.4, 0.5) is 0 Å². The third-order valence-corrected chi connectivity index (χ3v) is 7.69. The topological polar surface area (TPSA) is 76.5 Å². The lowest BCUT2D eigenvalue weighted by Gasteiger charge is -2.47. The smallest absolute Gasteiger partial charge is 0.273 e. The summed E-state index contributed by atoms with van der Waals surface area (Å²) in [4.78, 5) is 29.7. The third-order valence-electron chi connectivity index (χ3n) is 7.69. The maximum atomic E-state index is 14.1. The molecule has 3 aromatic rings. The van der Waals surface area contributed by atoms with Gasteiger partial charge < -0.3 is 15.0 Å². The SMILES string of the molecule is COc1ccc(-c2cc3n(n2)C[C@@](C)(C(=O)NC2CCCCC2)N([C@H](C)c2ccccc2)C3=O)cc1.